The van der Waals surface area contributed by atoms with E-state index in [1.165, 1.54) is 11.8 Å². The van der Waals surface area contributed by atoms with E-state index >= 15 is 0 Å². The maximum Gasteiger partial charge on any atom is 0.233 e. The van der Waals surface area contributed by atoms with Gasteiger partial charge < -0.3 is 9.47 Å². The lowest BCUT2D eigenvalue weighted by molar-refractivity contribution is -0.129. The number of carbonyl (C=O) groups is 1. The van der Waals surface area contributed by atoms with Gasteiger partial charge in [-0.1, -0.05) is 23.9 Å². The third-order valence-corrected chi connectivity index (χ3v) is 5.64. The highest BCUT2D eigenvalue weighted by molar-refractivity contribution is 7.99. The minimum Gasteiger partial charge on any atom is -0.332 e. The third-order valence-electron chi connectivity index (χ3n) is 4.79. The molecule has 1 aliphatic heterocycles. The molecule has 3 aromatic rings. The molecule has 6 nitrogen and oxygen atoms in total. The Labute approximate surface area is 156 Å². The summed E-state index contributed by atoms with van der Waals surface area (Å²) < 4.78 is 2.11. The molecule has 0 aliphatic carbocycles. The Bertz CT molecular complexity index is 954. The van der Waals surface area contributed by atoms with Crippen LogP contribution in [0.2, 0.25) is 0 Å². The average Bonchev–Trinajstić information content (AvgIpc) is 3.25. The molecular formula is C19H21N5OS. The number of likely N-dealkylation sites (tertiary alicyclic amines) is 1. The molecule has 4 rings (SSSR count). The van der Waals surface area contributed by atoms with Gasteiger partial charge in [-0.25, -0.2) is 15.0 Å². The van der Waals surface area contributed by atoms with E-state index in [9.17, 15) is 4.79 Å². The van der Waals surface area contributed by atoms with Crippen molar-refractivity contribution < 1.29 is 4.79 Å². The van der Waals surface area contributed by atoms with Gasteiger partial charge in [0, 0.05) is 25.5 Å². The summed E-state index contributed by atoms with van der Waals surface area (Å²) in [5, 5.41) is 0.650. The molecule has 3 heterocycles. The van der Waals surface area contributed by atoms with E-state index in [1.807, 2.05) is 43.1 Å². The first-order valence-corrected chi connectivity index (χ1v) is 9.75. The van der Waals surface area contributed by atoms with E-state index in [4.69, 9.17) is 4.98 Å². The van der Waals surface area contributed by atoms with Crippen LogP contribution in [0.15, 0.2) is 41.7 Å². The minimum atomic E-state index is 0.0407. The molecule has 0 bridgehead atoms. The standard InChI is InChI=1S/C19H21N5OS/c1-13-9-10-20-19(21-13)26-12-17(25)24-11-5-8-16(24)18-22-14-6-3-4-7-15(14)23(18)2/h3-4,6-7,9-10,16H,5,8,11-12H2,1-2H3/t16-/m1/s1. The van der Waals surface area contributed by atoms with Gasteiger partial charge in [-0.05, 0) is 38.0 Å². The number of benzene rings is 1. The number of nitrogens with zero attached hydrogens (tertiary/aromatic N) is 5. The maximum atomic E-state index is 12.8. The maximum absolute atomic E-state index is 12.8. The summed E-state index contributed by atoms with van der Waals surface area (Å²) in [7, 11) is 2.03. The number of carbonyl (C=O) groups excluding carboxylic acids is 1. The molecule has 1 atom stereocenters. The van der Waals surface area contributed by atoms with Crippen molar-refractivity contribution in [2.75, 3.05) is 12.3 Å². The van der Waals surface area contributed by atoms with Crippen LogP contribution in [0.1, 0.15) is 30.4 Å². The predicted molar refractivity (Wildman–Crippen MR) is 102 cm³/mol. The van der Waals surface area contributed by atoms with E-state index < -0.39 is 0 Å². The van der Waals surface area contributed by atoms with Crippen molar-refractivity contribution in [3.8, 4) is 0 Å². The normalized spacial score (nSPS) is 17.2. The van der Waals surface area contributed by atoms with E-state index in [-0.39, 0.29) is 11.9 Å². The molecule has 134 valence electrons. The highest BCUT2D eigenvalue weighted by Gasteiger charge is 2.33. The Hall–Kier alpha value is -2.41. The number of thioether (sulfide) groups is 1. The zero-order valence-corrected chi connectivity index (χ0v) is 15.7. The highest BCUT2D eigenvalue weighted by Crippen LogP contribution is 2.33. The van der Waals surface area contributed by atoms with Crippen LogP contribution in [0.25, 0.3) is 11.0 Å². The molecule has 1 aromatic carbocycles. The van der Waals surface area contributed by atoms with Crippen molar-refractivity contribution in [2.24, 2.45) is 7.05 Å². The van der Waals surface area contributed by atoms with E-state index in [2.05, 4.69) is 20.6 Å². The number of rotatable bonds is 4. The van der Waals surface area contributed by atoms with Gasteiger partial charge in [0.25, 0.3) is 0 Å². The van der Waals surface area contributed by atoms with Crippen molar-refractivity contribution in [3.05, 3.63) is 48.0 Å². The summed E-state index contributed by atoms with van der Waals surface area (Å²) in [6, 6.07) is 9.99. The van der Waals surface area contributed by atoms with Gasteiger partial charge in [0.05, 0.1) is 22.8 Å². The fourth-order valence-electron chi connectivity index (χ4n) is 3.50. The van der Waals surface area contributed by atoms with Crippen LogP contribution in [-0.4, -0.2) is 42.6 Å². The molecule has 2 aromatic heterocycles. The van der Waals surface area contributed by atoms with Crippen molar-refractivity contribution in [2.45, 2.75) is 31.0 Å². The predicted octanol–water partition coefficient (Wildman–Crippen LogP) is 3.13. The van der Waals surface area contributed by atoms with Crippen LogP contribution >= 0.6 is 11.8 Å². The molecule has 1 aliphatic rings. The van der Waals surface area contributed by atoms with Gasteiger partial charge in [-0.15, -0.1) is 0 Å². The SMILES string of the molecule is Cc1ccnc(SCC(=O)N2CCC[C@@H]2c2nc3ccccc3n2C)n1. The van der Waals surface area contributed by atoms with Crippen molar-refractivity contribution >= 4 is 28.7 Å². The molecular weight excluding hydrogens is 346 g/mol. The van der Waals surface area contributed by atoms with E-state index in [0.717, 1.165) is 41.9 Å². The van der Waals surface area contributed by atoms with E-state index in [0.29, 0.717) is 10.9 Å². The molecule has 0 radical (unpaired) electrons. The first kappa shape index (κ1) is 17.0. The number of aryl methyl sites for hydroxylation is 2. The molecule has 26 heavy (non-hydrogen) atoms. The second kappa shape index (κ2) is 7.07. The van der Waals surface area contributed by atoms with Gasteiger partial charge in [0.15, 0.2) is 5.16 Å². The number of hydrogen-bond acceptors (Lipinski definition) is 5. The van der Waals surface area contributed by atoms with Gasteiger partial charge >= 0.3 is 0 Å². The summed E-state index contributed by atoms with van der Waals surface area (Å²) in [5.74, 6) is 1.44. The topological polar surface area (TPSA) is 63.9 Å². The molecule has 0 spiro atoms. The number of amides is 1. The second-order valence-electron chi connectivity index (χ2n) is 6.53. The monoisotopic (exact) mass is 367 g/mol. The van der Waals surface area contributed by atoms with Gasteiger partial charge in [0.2, 0.25) is 5.91 Å². The Balaban J connectivity index is 1.52. The number of para-hydroxylation sites is 2. The minimum absolute atomic E-state index is 0.0407. The molecule has 1 saturated heterocycles. The van der Waals surface area contributed by atoms with Crippen LogP contribution < -0.4 is 0 Å². The fourth-order valence-corrected chi connectivity index (χ4v) is 4.26. The summed E-state index contributed by atoms with van der Waals surface area (Å²) >= 11 is 1.40. The van der Waals surface area contributed by atoms with Crippen molar-refractivity contribution in [3.63, 3.8) is 0 Å². The van der Waals surface area contributed by atoms with Gasteiger partial charge in [-0.2, -0.15) is 0 Å². The Kier molecular flexibility index (Phi) is 4.63. The average molecular weight is 367 g/mol. The molecule has 1 amide bonds. The Morgan fingerprint density at radius 3 is 2.92 bits per heavy atom. The first-order chi connectivity index (χ1) is 12.6. The Morgan fingerprint density at radius 2 is 2.12 bits per heavy atom. The zero-order valence-electron chi connectivity index (χ0n) is 14.9. The second-order valence-corrected chi connectivity index (χ2v) is 7.47. The molecule has 1 fully saturated rings. The zero-order chi connectivity index (χ0) is 18.1. The van der Waals surface area contributed by atoms with Gasteiger partial charge in [-0.3, -0.25) is 4.79 Å². The van der Waals surface area contributed by atoms with Gasteiger partial charge in [0.1, 0.15) is 5.82 Å². The van der Waals surface area contributed by atoms with Crippen LogP contribution in [0.5, 0.6) is 0 Å². The van der Waals surface area contributed by atoms with Crippen LogP contribution in [0.4, 0.5) is 0 Å². The lowest BCUT2D eigenvalue weighted by atomic mass is 10.2. The number of fused-ring (bicyclic) bond motifs is 1. The molecule has 7 heteroatoms. The summed E-state index contributed by atoms with van der Waals surface area (Å²) in [6.07, 6.45) is 3.69. The largest absolute Gasteiger partial charge is 0.332 e. The van der Waals surface area contributed by atoms with Crippen molar-refractivity contribution in [1.82, 2.24) is 24.4 Å². The Morgan fingerprint density at radius 1 is 1.27 bits per heavy atom. The number of aromatic nitrogens is 4. The highest BCUT2D eigenvalue weighted by atomic mass is 32.2. The molecule has 0 N–H and O–H groups in total. The lowest BCUT2D eigenvalue weighted by Gasteiger charge is -2.24. The fraction of sp³-hybridized carbons (Fsp3) is 0.368. The van der Waals surface area contributed by atoms with Crippen LogP contribution in [0, 0.1) is 6.92 Å². The summed E-state index contributed by atoms with van der Waals surface area (Å²) in [5.41, 5.74) is 2.99. The molecule has 0 saturated carbocycles. The number of imidazole rings is 1. The smallest absolute Gasteiger partial charge is 0.233 e. The summed E-state index contributed by atoms with van der Waals surface area (Å²) in [4.78, 5) is 28.2. The van der Waals surface area contributed by atoms with Crippen LogP contribution in [-0.2, 0) is 11.8 Å². The molecule has 0 unspecified atom stereocenters. The third kappa shape index (κ3) is 3.19. The van der Waals surface area contributed by atoms with Crippen LogP contribution in [0.3, 0.4) is 0 Å². The lowest BCUT2D eigenvalue weighted by Crippen LogP contribution is -2.33. The number of hydrogen-bond donors (Lipinski definition) is 0. The first-order valence-electron chi connectivity index (χ1n) is 8.77. The summed E-state index contributed by atoms with van der Waals surface area (Å²) in [6.45, 7) is 2.71. The van der Waals surface area contributed by atoms with Crippen molar-refractivity contribution in [1.29, 1.82) is 0 Å². The van der Waals surface area contributed by atoms with E-state index in [1.54, 1.807) is 6.20 Å². The quantitative estimate of drug-likeness (QED) is 0.524.